The van der Waals surface area contributed by atoms with E-state index < -0.39 is 5.97 Å². The van der Waals surface area contributed by atoms with Gasteiger partial charge < -0.3 is 5.11 Å². The quantitative estimate of drug-likeness (QED) is 0.882. The van der Waals surface area contributed by atoms with Gasteiger partial charge in [-0.25, -0.2) is 4.79 Å². The molecule has 2 aromatic rings. The van der Waals surface area contributed by atoms with Crippen LogP contribution in [0.15, 0.2) is 30.5 Å². The Balaban J connectivity index is 2.03. The second kappa shape index (κ2) is 5.86. The molecular formula is C13H14ClN3O2. The van der Waals surface area contributed by atoms with Gasteiger partial charge in [-0.15, -0.1) is 0 Å². The molecule has 5 nitrogen and oxygen atoms in total. The highest BCUT2D eigenvalue weighted by Crippen LogP contribution is 2.14. The van der Waals surface area contributed by atoms with E-state index >= 15 is 0 Å². The molecule has 19 heavy (non-hydrogen) atoms. The zero-order valence-corrected chi connectivity index (χ0v) is 11.2. The molecule has 0 aliphatic carbocycles. The summed E-state index contributed by atoms with van der Waals surface area (Å²) >= 11 is 5.93. The zero-order chi connectivity index (χ0) is 13.8. The third-order valence-corrected chi connectivity index (χ3v) is 2.95. The Hall–Kier alpha value is -1.85. The molecule has 0 aliphatic heterocycles. The minimum Gasteiger partial charge on any atom is -0.477 e. The molecule has 2 N–H and O–H groups in total. The fourth-order valence-electron chi connectivity index (χ4n) is 1.91. The van der Waals surface area contributed by atoms with E-state index in [0.29, 0.717) is 23.7 Å². The van der Waals surface area contributed by atoms with E-state index in [1.807, 2.05) is 36.2 Å². The van der Waals surface area contributed by atoms with Gasteiger partial charge in [-0.1, -0.05) is 23.7 Å². The Morgan fingerprint density at radius 1 is 1.47 bits per heavy atom. The molecule has 0 spiro atoms. The lowest BCUT2D eigenvalue weighted by atomic mass is 10.2. The van der Waals surface area contributed by atoms with Gasteiger partial charge in [-0.2, -0.15) is 5.10 Å². The smallest absolute Gasteiger partial charge is 0.354 e. The minimum absolute atomic E-state index is 0.137. The number of benzene rings is 1. The van der Waals surface area contributed by atoms with E-state index in [4.69, 9.17) is 16.7 Å². The molecule has 0 saturated carbocycles. The standard InChI is InChI=1S/C13H14ClN3O2/c1-17(7-9-3-2-4-11(14)5-9)8-10-6-15-16-12(10)13(18)19/h2-6H,7-8H2,1H3,(H,15,16)(H,18,19). The molecule has 2 rings (SSSR count). The Morgan fingerprint density at radius 2 is 2.26 bits per heavy atom. The van der Waals surface area contributed by atoms with Crippen molar-refractivity contribution in [3.8, 4) is 0 Å². The van der Waals surface area contributed by atoms with Crippen LogP contribution in [0.3, 0.4) is 0 Å². The second-order valence-corrected chi connectivity index (χ2v) is 4.81. The van der Waals surface area contributed by atoms with Crippen molar-refractivity contribution in [2.45, 2.75) is 13.1 Å². The highest BCUT2D eigenvalue weighted by Gasteiger charge is 2.13. The van der Waals surface area contributed by atoms with E-state index in [1.165, 1.54) is 6.20 Å². The molecule has 0 fully saturated rings. The van der Waals surface area contributed by atoms with Crippen LogP contribution in [0, 0.1) is 0 Å². The molecule has 1 aromatic heterocycles. The summed E-state index contributed by atoms with van der Waals surface area (Å²) < 4.78 is 0. The predicted molar refractivity (Wildman–Crippen MR) is 72.2 cm³/mol. The highest BCUT2D eigenvalue weighted by molar-refractivity contribution is 6.30. The fraction of sp³-hybridized carbons (Fsp3) is 0.231. The molecule has 0 atom stereocenters. The molecular weight excluding hydrogens is 266 g/mol. The number of rotatable bonds is 5. The largest absolute Gasteiger partial charge is 0.477 e. The molecule has 0 amide bonds. The lowest BCUT2D eigenvalue weighted by molar-refractivity contribution is 0.0688. The third kappa shape index (κ3) is 3.56. The Kier molecular flexibility index (Phi) is 4.19. The second-order valence-electron chi connectivity index (χ2n) is 4.38. The fourth-order valence-corrected chi connectivity index (χ4v) is 2.12. The number of aromatic amines is 1. The summed E-state index contributed by atoms with van der Waals surface area (Å²) in [6.45, 7) is 1.19. The number of hydrogen-bond acceptors (Lipinski definition) is 3. The Bertz CT molecular complexity index is 583. The number of halogens is 1. The summed E-state index contributed by atoms with van der Waals surface area (Å²) in [5.41, 5.74) is 1.88. The summed E-state index contributed by atoms with van der Waals surface area (Å²) in [4.78, 5) is 13.0. The monoisotopic (exact) mass is 279 g/mol. The van der Waals surface area contributed by atoms with Crippen LogP contribution in [0.25, 0.3) is 0 Å². The maximum absolute atomic E-state index is 11.0. The molecule has 1 heterocycles. The van der Waals surface area contributed by atoms with E-state index in [2.05, 4.69) is 10.2 Å². The van der Waals surface area contributed by atoms with Crippen molar-refractivity contribution in [3.63, 3.8) is 0 Å². The van der Waals surface area contributed by atoms with Gasteiger partial charge in [-0.3, -0.25) is 10.00 Å². The van der Waals surface area contributed by atoms with E-state index in [-0.39, 0.29) is 5.69 Å². The van der Waals surface area contributed by atoms with Crippen LogP contribution in [-0.2, 0) is 13.1 Å². The number of hydrogen-bond donors (Lipinski definition) is 2. The first-order valence-corrected chi connectivity index (χ1v) is 6.12. The maximum atomic E-state index is 11.0. The lowest BCUT2D eigenvalue weighted by Gasteiger charge is -2.16. The normalized spacial score (nSPS) is 10.9. The number of aromatic carboxylic acids is 1. The van der Waals surface area contributed by atoms with Crippen molar-refractivity contribution in [1.29, 1.82) is 0 Å². The van der Waals surface area contributed by atoms with E-state index in [1.54, 1.807) is 0 Å². The van der Waals surface area contributed by atoms with Crippen LogP contribution in [0.5, 0.6) is 0 Å². The van der Waals surface area contributed by atoms with Crippen LogP contribution in [0.4, 0.5) is 0 Å². The molecule has 0 saturated heterocycles. The number of nitrogens with zero attached hydrogens (tertiary/aromatic N) is 2. The van der Waals surface area contributed by atoms with Crippen LogP contribution in [-0.4, -0.2) is 33.2 Å². The molecule has 1 aromatic carbocycles. The van der Waals surface area contributed by atoms with E-state index in [9.17, 15) is 4.79 Å². The number of carbonyl (C=O) groups is 1. The average molecular weight is 280 g/mol. The average Bonchev–Trinajstić information content (AvgIpc) is 2.76. The number of aromatic nitrogens is 2. The first-order chi connectivity index (χ1) is 9.06. The number of H-pyrrole nitrogens is 1. The van der Waals surface area contributed by atoms with Gasteiger partial charge in [0.05, 0.1) is 6.20 Å². The summed E-state index contributed by atoms with van der Waals surface area (Å²) in [7, 11) is 1.92. The SMILES string of the molecule is CN(Cc1cccc(Cl)c1)Cc1cn[nH]c1C(=O)O. The third-order valence-electron chi connectivity index (χ3n) is 2.71. The van der Waals surface area contributed by atoms with Crippen molar-refractivity contribution < 1.29 is 9.90 Å². The van der Waals surface area contributed by atoms with Gasteiger partial charge in [-0.05, 0) is 24.7 Å². The van der Waals surface area contributed by atoms with Crippen molar-refractivity contribution >= 4 is 17.6 Å². The minimum atomic E-state index is -0.997. The van der Waals surface area contributed by atoms with Gasteiger partial charge in [0, 0.05) is 23.7 Å². The number of carboxylic acids is 1. The molecule has 0 aliphatic rings. The van der Waals surface area contributed by atoms with Gasteiger partial charge in [0.15, 0.2) is 0 Å². The topological polar surface area (TPSA) is 69.2 Å². The van der Waals surface area contributed by atoms with Crippen molar-refractivity contribution in [2.75, 3.05) is 7.05 Å². The number of nitrogens with one attached hydrogen (secondary N) is 1. The summed E-state index contributed by atoms with van der Waals surface area (Å²) in [5, 5.41) is 15.9. The number of carboxylic acid groups (broad SMARTS) is 1. The molecule has 0 unspecified atom stereocenters. The van der Waals surface area contributed by atoms with Crippen molar-refractivity contribution in [3.05, 3.63) is 52.3 Å². The van der Waals surface area contributed by atoms with Gasteiger partial charge >= 0.3 is 5.97 Å². The predicted octanol–water partition coefficient (Wildman–Crippen LogP) is 2.39. The zero-order valence-electron chi connectivity index (χ0n) is 10.4. The summed E-state index contributed by atoms with van der Waals surface area (Å²) in [6.07, 6.45) is 1.54. The van der Waals surface area contributed by atoms with Crippen LogP contribution in [0.1, 0.15) is 21.6 Å². The van der Waals surface area contributed by atoms with Crippen LogP contribution in [0.2, 0.25) is 5.02 Å². The van der Waals surface area contributed by atoms with Gasteiger partial charge in [0.2, 0.25) is 0 Å². The Labute approximate surface area is 115 Å². The molecule has 0 radical (unpaired) electrons. The van der Waals surface area contributed by atoms with Crippen LogP contribution < -0.4 is 0 Å². The first kappa shape index (κ1) is 13.6. The summed E-state index contributed by atoms with van der Waals surface area (Å²) in [5.74, 6) is -0.997. The lowest BCUT2D eigenvalue weighted by Crippen LogP contribution is -2.18. The molecule has 6 heteroatoms. The molecule has 0 bridgehead atoms. The highest BCUT2D eigenvalue weighted by atomic mass is 35.5. The maximum Gasteiger partial charge on any atom is 0.354 e. The van der Waals surface area contributed by atoms with E-state index in [0.717, 1.165) is 5.56 Å². The summed E-state index contributed by atoms with van der Waals surface area (Å²) in [6, 6.07) is 7.59. The Morgan fingerprint density at radius 3 is 2.95 bits per heavy atom. The molecule has 100 valence electrons. The van der Waals surface area contributed by atoms with Gasteiger partial charge in [0.25, 0.3) is 0 Å². The van der Waals surface area contributed by atoms with Crippen molar-refractivity contribution in [1.82, 2.24) is 15.1 Å². The van der Waals surface area contributed by atoms with Crippen molar-refractivity contribution in [2.24, 2.45) is 0 Å². The van der Waals surface area contributed by atoms with Gasteiger partial charge in [0.1, 0.15) is 5.69 Å². The first-order valence-electron chi connectivity index (χ1n) is 5.75. The van der Waals surface area contributed by atoms with Crippen LogP contribution >= 0.6 is 11.6 Å².